The van der Waals surface area contributed by atoms with Gasteiger partial charge >= 0.3 is 0 Å². The highest BCUT2D eigenvalue weighted by Crippen LogP contribution is 2.05. The zero-order valence-corrected chi connectivity index (χ0v) is 10.5. The second kappa shape index (κ2) is 6.29. The van der Waals surface area contributed by atoms with Crippen LogP contribution < -0.4 is 5.19 Å². The van der Waals surface area contributed by atoms with Crippen LogP contribution in [-0.4, -0.2) is 36.3 Å². The maximum atomic E-state index is 12.5. The highest BCUT2D eigenvalue weighted by molar-refractivity contribution is 9.10. The number of halogens is 2. The van der Waals surface area contributed by atoms with E-state index in [0.717, 1.165) is 4.47 Å². The molecule has 3 radical (unpaired) electrons. The molecule has 1 aromatic rings. The van der Waals surface area contributed by atoms with E-state index in [1.54, 1.807) is 12.1 Å². The molecule has 0 atom stereocenters. The first-order chi connectivity index (χ1) is 5.95. The molecule has 0 amide bonds. The standard InChI is InChI=1S/C6H3BrFSi.C3H9N/c7-4-2-1-3-5(8)6(4)9;1-4(2)3/h1-3H;1-3H3. The normalized spacial score (nSPS) is 9.46. The van der Waals surface area contributed by atoms with E-state index in [1.807, 2.05) is 26.0 Å². The predicted molar refractivity (Wildman–Crippen MR) is 59.1 cm³/mol. The Labute approximate surface area is 90.5 Å². The molecule has 1 rings (SSSR count). The number of nitrogens with zero attached hydrogens (tertiary/aromatic N) is 1. The lowest BCUT2D eigenvalue weighted by atomic mass is 10.3. The lowest BCUT2D eigenvalue weighted by Crippen LogP contribution is -2.08. The summed E-state index contributed by atoms with van der Waals surface area (Å²) in [7, 11) is 9.11. The summed E-state index contributed by atoms with van der Waals surface area (Å²) < 4.78 is 13.2. The maximum Gasteiger partial charge on any atom is 0.122 e. The van der Waals surface area contributed by atoms with Gasteiger partial charge in [0.1, 0.15) is 5.82 Å². The fraction of sp³-hybridized carbons (Fsp3) is 0.333. The average molecular weight is 261 g/mol. The van der Waals surface area contributed by atoms with Crippen molar-refractivity contribution in [3.8, 4) is 0 Å². The van der Waals surface area contributed by atoms with Crippen LogP contribution in [-0.2, 0) is 0 Å². The van der Waals surface area contributed by atoms with Crippen molar-refractivity contribution in [2.75, 3.05) is 21.1 Å². The number of hydrogen-bond donors (Lipinski definition) is 0. The Balaban J connectivity index is 0.000000310. The third kappa shape index (κ3) is 5.96. The summed E-state index contributed by atoms with van der Waals surface area (Å²) in [6, 6.07) is 4.81. The van der Waals surface area contributed by atoms with Crippen molar-refractivity contribution in [2.24, 2.45) is 0 Å². The Kier molecular flexibility index (Phi) is 6.20. The lowest BCUT2D eigenvalue weighted by molar-refractivity contribution is 0.505. The summed E-state index contributed by atoms with van der Waals surface area (Å²) in [6.45, 7) is 0. The minimum atomic E-state index is -0.249. The Hall–Kier alpha value is -0.193. The first kappa shape index (κ1) is 12.8. The molecule has 0 spiro atoms. The Morgan fingerprint density at radius 2 is 1.77 bits per heavy atom. The third-order valence-electron chi connectivity index (χ3n) is 0.963. The molecule has 0 N–H and O–H groups in total. The lowest BCUT2D eigenvalue weighted by Gasteiger charge is -1.95. The minimum Gasteiger partial charge on any atom is -0.312 e. The monoisotopic (exact) mass is 260 g/mol. The molecule has 0 fully saturated rings. The Bertz CT molecular complexity index is 243. The van der Waals surface area contributed by atoms with Gasteiger partial charge in [-0.05, 0) is 38.5 Å². The zero-order valence-electron chi connectivity index (χ0n) is 7.94. The van der Waals surface area contributed by atoms with Crippen LogP contribution in [0.1, 0.15) is 0 Å². The molecule has 71 valence electrons. The maximum absolute atomic E-state index is 12.5. The Morgan fingerprint density at radius 3 is 2.08 bits per heavy atom. The molecule has 0 heterocycles. The van der Waals surface area contributed by atoms with E-state index in [2.05, 4.69) is 26.2 Å². The molecular weight excluding hydrogens is 249 g/mol. The molecule has 0 aliphatic carbocycles. The van der Waals surface area contributed by atoms with Gasteiger partial charge in [-0.1, -0.05) is 22.0 Å². The number of rotatable bonds is 0. The van der Waals surface area contributed by atoms with Crippen LogP contribution in [0.2, 0.25) is 0 Å². The van der Waals surface area contributed by atoms with Crippen molar-refractivity contribution in [2.45, 2.75) is 0 Å². The van der Waals surface area contributed by atoms with Gasteiger partial charge in [0, 0.05) is 4.47 Å². The predicted octanol–water partition coefficient (Wildman–Crippen LogP) is 1.56. The van der Waals surface area contributed by atoms with Crippen molar-refractivity contribution < 1.29 is 4.39 Å². The quantitative estimate of drug-likeness (QED) is 0.641. The van der Waals surface area contributed by atoms with E-state index >= 15 is 0 Å². The molecular formula is C9H12BrFNSi. The van der Waals surface area contributed by atoms with Gasteiger partial charge in [0.15, 0.2) is 0 Å². The number of hydrogen-bond acceptors (Lipinski definition) is 1. The van der Waals surface area contributed by atoms with Gasteiger partial charge in [-0.3, -0.25) is 0 Å². The SMILES string of the molecule is CN(C)C.Fc1cccc(Br)c1[Si]. The van der Waals surface area contributed by atoms with Crippen molar-refractivity contribution in [1.82, 2.24) is 4.90 Å². The van der Waals surface area contributed by atoms with Gasteiger partial charge in [0.2, 0.25) is 0 Å². The van der Waals surface area contributed by atoms with Crippen molar-refractivity contribution in [3.05, 3.63) is 28.5 Å². The molecule has 0 unspecified atom stereocenters. The topological polar surface area (TPSA) is 3.24 Å². The highest BCUT2D eigenvalue weighted by Gasteiger charge is 1.97. The van der Waals surface area contributed by atoms with E-state index in [1.165, 1.54) is 6.07 Å². The van der Waals surface area contributed by atoms with Gasteiger partial charge in [-0.15, -0.1) is 0 Å². The summed E-state index contributed by atoms with van der Waals surface area (Å²) in [6.07, 6.45) is 0. The van der Waals surface area contributed by atoms with E-state index in [4.69, 9.17) is 0 Å². The molecule has 0 saturated carbocycles. The Morgan fingerprint density at radius 1 is 1.31 bits per heavy atom. The first-order valence-corrected chi connectivity index (χ1v) is 5.01. The zero-order chi connectivity index (χ0) is 10.4. The summed E-state index contributed by atoms with van der Waals surface area (Å²) in [4.78, 5) is 2.00. The van der Waals surface area contributed by atoms with Crippen LogP contribution in [0.5, 0.6) is 0 Å². The van der Waals surface area contributed by atoms with Gasteiger partial charge < -0.3 is 4.90 Å². The van der Waals surface area contributed by atoms with Crippen molar-refractivity contribution >= 4 is 31.4 Å². The number of benzene rings is 1. The van der Waals surface area contributed by atoms with Gasteiger partial charge in [-0.2, -0.15) is 0 Å². The first-order valence-electron chi connectivity index (χ1n) is 3.71. The van der Waals surface area contributed by atoms with Gasteiger partial charge in [0.25, 0.3) is 0 Å². The van der Waals surface area contributed by atoms with Gasteiger partial charge in [-0.25, -0.2) is 4.39 Å². The van der Waals surface area contributed by atoms with E-state index < -0.39 is 0 Å². The molecule has 0 bridgehead atoms. The van der Waals surface area contributed by atoms with Gasteiger partial charge in [0.05, 0.1) is 10.2 Å². The summed E-state index contributed by atoms with van der Waals surface area (Å²) in [5.41, 5.74) is 0. The molecule has 0 aromatic heterocycles. The summed E-state index contributed by atoms with van der Waals surface area (Å²) in [5, 5.41) is 0.470. The van der Waals surface area contributed by atoms with Crippen molar-refractivity contribution in [1.29, 1.82) is 0 Å². The molecule has 1 aromatic carbocycles. The fourth-order valence-corrected chi connectivity index (χ4v) is 1.01. The van der Waals surface area contributed by atoms with E-state index in [9.17, 15) is 4.39 Å². The smallest absolute Gasteiger partial charge is 0.122 e. The van der Waals surface area contributed by atoms with E-state index in [-0.39, 0.29) is 5.82 Å². The molecule has 0 aliphatic heterocycles. The summed E-state index contributed by atoms with van der Waals surface area (Å²) in [5.74, 6) is -0.249. The second-order valence-electron chi connectivity index (χ2n) is 2.94. The highest BCUT2D eigenvalue weighted by atomic mass is 79.9. The molecule has 0 saturated heterocycles. The molecule has 0 aliphatic rings. The van der Waals surface area contributed by atoms with Crippen molar-refractivity contribution in [3.63, 3.8) is 0 Å². The fourth-order valence-electron chi connectivity index (χ4n) is 0.498. The summed E-state index contributed by atoms with van der Waals surface area (Å²) >= 11 is 3.16. The molecule has 4 heteroatoms. The van der Waals surface area contributed by atoms with E-state index in [0.29, 0.717) is 5.19 Å². The second-order valence-corrected chi connectivity index (χ2v) is 4.29. The van der Waals surface area contributed by atoms with Crippen LogP contribution in [0.3, 0.4) is 0 Å². The minimum absolute atomic E-state index is 0.249. The molecule has 13 heavy (non-hydrogen) atoms. The van der Waals surface area contributed by atoms with Crippen LogP contribution in [0.15, 0.2) is 22.7 Å². The van der Waals surface area contributed by atoms with Crippen LogP contribution in [0.4, 0.5) is 4.39 Å². The average Bonchev–Trinajstić information content (AvgIpc) is 1.99. The van der Waals surface area contributed by atoms with Crippen LogP contribution >= 0.6 is 15.9 Å². The van der Waals surface area contributed by atoms with Crippen LogP contribution in [0.25, 0.3) is 0 Å². The molecule has 1 nitrogen and oxygen atoms in total. The largest absolute Gasteiger partial charge is 0.312 e. The third-order valence-corrected chi connectivity index (χ3v) is 2.50. The van der Waals surface area contributed by atoms with Crippen LogP contribution in [0, 0.1) is 5.82 Å².